The largest absolute Gasteiger partial charge is 0.487 e. The molecule has 0 atom stereocenters. The Balaban J connectivity index is 1.64. The molecule has 0 aliphatic heterocycles. The van der Waals surface area contributed by atoms with Crippen molar-refractivity contribution in [3.05, 3.63) is 84.4 Å². The molecule has 0 spiro atoms. The van der Waals surface area contributed by atoms with Crippen molar-refractivity contribution >= 4 is 57.3 Å². The quantitative estimate of drug-likeness (QED) is 0.248. The van der Waals surface area contributed by atoms with Gasteiger partial charge in [-0.25, -0.2) is 5.43 Å². The summed E-state index contributed by atoms with van der Waals surface area (Å²) >= 11 is 4.48. The van der Waals surface area contributed by atoms with Crippen LogP contribution in [0.3, 0.4) is 0 Å². The van der Waals surface area contributed by atoms with Gasteiger partial charge < -0.3 is 9.15 Å². The van der Waals surface area contributed by atoms with Crippen LogP contribution in [-0.4, -0.2) is 12.1 Å². The highest BCUT2D eigenvalue weighted by Gasteiger charge is 2.10. The summed E-state index contributed by atoms with van der Waals surface area (Å²) in [4.78, 5) is 11.9. The van der Waals surface area contributed by atoms with Gasteiger partial charge in [0.1, 0.15) is 18.1 Å². The molecule has 138 valence electrons. The highest BCUT2D eigenvalue weighted by molar-refractivity contribution is 14.1. The van der Waals surface area contributed by atoms with Crippen LogP contribution < -0.4 is 10.2 Å². The summed E-state index contributed by atoms with van der Waals surface area (Å²) in [7, 11) is 0. The number of carbonyl (C=O) groups excluding carboxylic acids is 1. The predicted molar refractivity (Wildman–Crippen MR) is 121 cm³/mol. The van der Waals surface area contributed by atoms with Crippen LogP contribution in [0.5, 0.6) is 5.75 Å². The van der Waals surface area contributed by atoms with Crippen LogP contribution in [0.1, 0.15) is 27.4 Å². The van der Waals surface area contributed by atoms with E-state index >= 15 is 0 Å². The Hall–Kier alpha value is -1.88. The van der Waals surface area contributed by atoms with Gasteiger partial charge in [-0.15, -0.1) is 0 Å². The van der Waals surface area contributed by atoms with Gasteiger partial charge in [-0.05, 0) is 87.5 Å². The van der Waals surface area contributed by atoms with Crippen LogP contribution in [-0.2, 0) is 6.61 Å². The maximum atomic E-state index is 11.9. The first-order valence-electron chi connectivity index (χ1n) is 8.08. The van der Waals surface area contributed by atoms with Gasteiger partial charge in [0, 0.05) is 0 Å². The Labute approximate surface area is 184 Å². The smallest absolute Gasteiger partial charge is 0.307 e. The number of hydrogen-bond acceptors (Lipinski definition) is 4. The number of amides is 1. The minimum atomic E-state index is -0.383. The first kappa shape index (κ1) is 19.9. The van der Waals surface area contributed by atoms with E-state index in [-0.39, 0.29) is 11.7 Å². The van der Waals surface area contributed by atoms with Crippen LogP contribution in [0.4, 0.5) is 0 Å². The number of furan rings is 1. The monoisotopic (exact) mass is 586 g/mol. The van der Waals surface area contributed by atoms with E-state index in [0.29, 0.717) is 12.4 Å². The molecule has 7 heteroatoms. The highest BCUT2D eigenvalue weighted by atomic mass is 127. The number of nitrogens with one attached hydrogen (secondary N) is 1. The molecule has 2 aromatic carbocycles. The molecule has 0 saturated carbocycles. The number of rotatable bonds is 6. The zero-order chi connectivity index (χ0) is 19.2. The minimum absolute atomic E-state index is 0.235. The molecule has 0 bridgehead atoms. The molecule has 1 heterocycles. The molecule has 5 nitrogen and oxygen atoms in total. The van der Waals surface area contributed by atoms with Gasteiger partial charge in [0.25, 0.3) is 0 Å². The molecular weight excluding hydrogens is 570 g/mol. The zero-order valence-corrected chi connectivity index (χ0v) is 18.7. The summed E-state index contributed by atoms with van der Waals surface area (Å²) < 4.78 is 13.2. The number of halogens is 2. The lowest BCUT2D eigenvalue weighted by Gasteiger charge is -2.11. The molecule has 0 aliphatic rings. The minimum Gasteiger partial charge on any atom is -0.487 e. The number of ether oxygens (including phenoxy) is 1. The van der Waals surface area contributed by atoms with Crippen molar-refractivity contribution in [2.24, 2.45) is 5.10 Å². The van der Waals surface area contributed by atoms with E-state index in [9.17, 15) is 4.79 Å². The lowest BCUT2D eigenvalue weighted by Crippen LogP contribution is -2.16. The summed E-state index contributed by atoms with van der Waals surface area (Å²) in [5, 5.41) is 4.00. The maximum absolute atomic E-state index is 11.9. The van der Waals surface area contributed by atoms with Gasteiger partial charge >= 0.3 is 5.91 Å². The van der Waals surface area contributed by atoms with E-state index in [1.165, 1.54) is 0 Å². The number of carbonyl (C=O) groups is 1. The van der Waals surface area contributed by atoms with E-state index < -0.39 is 0 Å². The van der Waals surface area contributed by atoms with Crippen LogP contribution in [0, 0.1) is 14.1 Å². The molecule has 0 saturated heterocycles. The number of hydrogen-bond donors (Lipinski definition) is 1. The summed E-state index contributed by atoms with van der Waals surface area (Å²) in [5.74, 6) is 1.37. The Kier molecular flexibility index (Phi) is 6.89. The summed E-state index contributed by atoms with van der Waals surface area (Å²) in [6, 6.07) is 17.3. The third-order valence-electron chi connectivity index (χ3n) is 3.59. The van der Waals surface area contributed by atoms with Gasteiger partial charge in [0.15, 0.2) is 5.76 Å². The summed E-state index contributed by atoms with van der Waals surface area (Å²) in [5.41, 5.74) is 4.45. The fourth-order valence-corrected chi connectivity index (χ4v) is 4.43. The number of benzene rings is 2. The summed E-state index contributed by atoms with van der Waals surface area (Å²) in [6.07, 6.45) is 1.60. The van der Waals surface area contributed by atoms with Crippen molar-refractivity contribution in [2.45, 2.75) is 13.5 Å². The number of hydrazone groups is 1. The van der Waals surface area contributed by atoms with Gasteiger partial charge in [0.05, 0.1) is 13.4 Å². The normalized spacial score (nSPS) is 10.9. The second-order valence-electron chi connectivity index (χ2n) is 5.70. The molecule has 1 aromatic heterocycles. The fraction of sp³-hybridized carbons (Fsp3) is 0.100. The molecule has 0 radical (unpaired) electrons. The molecule has 3 aromatic rings. The van der Waals surface area contributed by atoms with Crippen molar-refractivity contribution in [1.82, 2.24) is 5.43 Å². The van der Waals surface area contributed by atoms with Crippen molar-refractivity contribution in [1.29, 1.82) is 0 Å². The fourth-order valence-electron chi connectivity index (χ4n) is 2.30. The van der Waals surface area contributed by atoms with Gasteiger partial charge in [0.2, 0.25) is 0 Å². The third kappa shape index (κ3) is 5.55. The number of aryl methyl sites for hydroxylation is 1. The van der Waals surface area contributed by atoms with Crippen LogP contribution in [0.15, 0.2) is 64.1 Å². The van der Waals surface area contributed by atoms with Gasteiger partial charge in [-0.1, -0.05) is 30.3 Å². The SMILES string of the molecule is Cc1ccc(C(=O)N/N=C\c2cc(I)c(OCc3ccccc3)c(I)c2)o1. The highest BCUT2D eigenvalue weighted by Crippen LogP contribution is 2.29. The molecule has 3 rings (SSSR count). The van der Waals surface area contributed by atoms with Crippen LogP contribution in [0.25, 0.3) is 0 Å². The Bertz CT molecular complexity index is 945. The Morgan fingerprint density at radius 3 is 2.48 bits per heavy atom. The van der Waals surface area contributed by atoms with Gasteiger partial charge in [-0.3, -0.25) is 4.79 Å². The van der Waals surface area contributed by atoms with Crippen molar-refractivity contribution < 1.29 is 13.9 Å². The van der Waals surface area contributed by atoms with Crippen molar-refractivity contribution in [3.63, 3.8) is 0 Å². The lowest BCUT2D eigenvalue weighted by atomic mass is 10.2. The predicted octanol–water partition coefficient (Wildman–Crippen LogP) is 5.14. The number of nitrogens with zero attached hydrogens (tertiary/aromatic N) is 1. The molecule has 1 N–H and O–H groups in total. The Morgan fingerprint density at radius 2 is 1.85 bits per heavy atom. The second-order valence-corrected chi connectivity index (χ2v) is 8.02. The standard InChI is InChI=1S/C20H16I2N2O3/c1-13-7-8-18(27-13)20(25)24-23-11-15-9-16(21)19(17(22)10-15)26-12-14-5-3-2-4-6-14/h2-11H,12H2,1H3,(H,24,25)/b23-11-. The molecule has 0 unspecified atom stereocenters. The van der Waals surface area contributed by atoms with E-state index in [4.69, 9.17) is 9.15 Å². The average molecular weight is 586 g/mol. The third-order valence-corrected chi connectivity index (χ3v) is 5.19. The van der Waals surface area contributed by atoms with E-state index in [1.54, 1.807) is 25.3 Å². The molecule has 1 amide bonds. The van der Waals surface area contributed by atoms with Crippen molar-refractivity contribution in [2.75, 3.05) is 0 Å². The van der Waals surface area contributed by atoms with E-state index in [1.807, 2.05) is 42.5 Å². The second kappa shape index (κ2) is 9.36. The molecular formula is C20H16I2N2O3. The van der Waals surface area contributed by atoms with Crippen LogP contribution >= 0.6 is 45.2 Å². The van der Waals surface area contributed by atoms with E-state index in [2.05, 4.69) is 55.7 Å². The molecule has 0 aliphatic carbocycles. The molecule has 0 fully saturated rings. The first-order chi connectivity index (χ1) is 13.0. The maximum Gasteiger partial charge on any atom is 0.307 e. The average Bonchev–Trinajstić information content (AvgIpc) is 3.08. The van der Waals surface area contributed by atoms with Crippen LogP contribution in [0.2, 0.25) is 0 Å². The lowest BCUT2D eigenvalue weighted by molar-refractivity contribution is 0.0926. The topological polar surface area (TPSA) is 63.8 Å². The van der Waals surface area contributed by atoms with Gasteiger partial charge in [-0.2, -0.15) is 5.10 Å². The summed E-state index contributed by atoms with van der Waals surface area (Å²) in [6.45, 7) is 2.30. The Morgan fingerprint density at radius 1 is 1.15 bits per heavy atom. The van der Waals surface area contributed by atoms with Crippen molar-refractivity contribution in [3.8, 4) is 5.75 Å². The van der Waals surface area contributed by atoms with E-state index in [0.717, 1.165) is 24.0 Å². The zero-order valence-electron chi connectivity index (χ0n) is 14.4. The molecule has 27 heavy (non-hydrogen) atoms. The first-order valence-corrected chi connectivity index (χ1v) is 10.2.